The van der Waals surface area contributed by atoms with E-state index in [1.165, 1.54) is 6.33 Å². The lowest BCUT2D eigenvalue weighted by Crippen LogP contribution is -2.61. The van der Waals surface area contributed by atoms with E-state index in [2.05, 4.69) is 15.0 Å². The predicted molar refractivity (Wildman–Crippen MR) is 117 cm³/mol. The summed E-state index contributed by atoms with van der Waals surface area (Å²) in [6, 6.07) is 13.4. The molecule has 2 N–H and O–H groups in total. The molecule has 0 saturated carbocycles. The summed E-state index contributed by atoms with van der Waals surface area (Å²) < 4.78 is 1.62. The molecule has 4 heterocycles. The Labute approximate surface area is 185 Å². The second-order valence-electron chi connectivity index (χ2n) is 8.14. The van der Waals surface area contributed by atoms with E-state index >= 15 is 0 Å². The Morgan fingerprint density at radius 2 is 1.81 bits per heavy atom. The van der Waals surface area contributed by atoms with Crippen LogP contribution in [0.2, 0.25) is 0 Å². The Morgan fingerprint density at radius 3 is 2.53 bits per heavy atom. The van der Waals surface area contributed by atoms with Crippen molar-refractivity contribution in [3.63, 3.8) is 0 Å². The molecule has 0 radical (unpaired) electrons. The lowest BCUT2D eigenvalue weighted by Gasteiger charge is -2.48. The molecule has 9 nitrogen and oxygen atoms in total. The third kappa shape index (κ3) is 4.21. The SMILES string of the molecule is O=C(c1ccc2ncnn2c1)N1CC[C@](O)(c2ccccc2)[C@H](N2CCCC2)C1.O=CO. The fourth-order valence-electron chi connectivity index (χ4n) is 4.77. The van der Waals surface area contributed by atoms with Gasteiger partial charge in [-0.15, -0.1) is 0 Å². The molecule has 5 rings (SSSR count). The Hall–Kier alpha value is -3.30. The number of carbonyl (C=O) groups excluding carboxylic acids is 1. The van der Waals surface area contributed by atoms with Gasteiger partial charge in [0.2, 0.25) is 0 Å². The fourth-order valence-corrected chi connectivity index (χ4v) is 4.77. The molecule has 3 aromatic rings. The predicted octanol–water partition coefficient (Wildman–Crippen LogP) is 1.63. The van der Waals surface area contributed by atoms with E-state index in [9.17, 15) is 9.90 Å². The van der Waals surface area contributed by atoms with Gasteiger partial charge in [0.15, 0.2) is 5.65 Å². The van der Waals surface area contributed by atoms with E-state index in [0.29, 0.717) is 30.7 Å². The van der Waals surface area contributed by atoms with Crippen molar-refractivity contribution in [1.29, 1.82) is 0 Å². The van der Waals surface area contributed by atoms with Crippen molar-refractivity contribution in [3.05, 3.63) is 66.1 Å². The summed E-state index contributed by atoms with van der Waals surface area (Å²) in [6.07, 6.45) is 6.01. The summed E-state index contributed by atoms with van der Waals surface area (Å²) in [6.45, 7) is 2.71. The lowest BCUT2D eigenvalue weighted by atomic mass is 9.79. The minimum absolute atomic E-state index is 0.0262. The number of carbonyl (C=O) groups is 2. The Kier molecular flexibility index (Phi) is 6.48. The number of benzene rings is 1. The largest absolute Gasteiger partial charge is 0.483 e. The van der Waals surface area contributed by atoms with Crippen molar-refractivity contribution < 1.29 is 19.8 Å². The number of fused-ring (bicyclic) bond motifs is 1. The first-order valence-electron chi connectivity index (χ1n) is 10.8. The van der Waals surface area contributed by atoms with E-state index in [4.69, 9.17) is 9.90 Å². The van der Waals surface area contributed by atoms with Crippen LogP contribution in [0.1, 0.15) is 35.2 Å². The number of piperidine rings is 1. The number of nitrogens with zero attached hydrogens (tertiary/aromatic N) is 5. The number of carboxylic acid groups (broad SMARTS) is 1. The van der Waals surface area contributed by atoms with Crippen molar-refractivity contribution >= 4 is 18.0 Å². The zero-order valence-corrected chi connectivity index (χ0v) is 17.7. The van der Waals surface area contributed by atoms with Crippen LogP contribution in [0, 0.1) is 0 Å². The van der Waals surface area contributed by atoms with Gasteiger partial charge in [-0.2, -0.15) is 5.10 Å². The minimum Gasteiger partial charge on any atom is -0.483 e. The first-order valence-corrected chi connectivity index (χ1v) is 10.8. The van der Waals surface area contributed by atoms with E-state index in [1.807, 2.05) is 41.3 Å². The number of pyridine rings is 1. The monoisotopic (exact) mass is 437 g/mol. The van der Waals surface area contributed by atoms with Gasteiger partial charge < -0.3 is 15.1 Å². The smallest absolute Gasteiger partial charge is 0.290 e. The molecular weight excluding hydrogens is 410 g/mol. The van der Waals surface area contributed by atoms with Gasteiger partial charge in [-0.25, -0.2) is 9.50 Å². The van der Waals surface area contributed by atoms with Crippen molar-refractivity contribution in [1.82, 2.24) is 24.4 Å². The molecule has 1 amide bonds. The highest BCUT2D eigenvalue weighted by Gasteiger charge is 2.47. The molecule has 9 heteroatoms. The molecule has 168 valence electrons. The van der Waals surface area contributed by atoms with Gasteiger partial charge in [0.05, 0.1) is 11.6 Å². The molecule has 2 atom stereocenters. The first-order chi connectivity index (χ1) is 15.6. The standard InChI is InChI=1S/C22H25N5O2.CH2O2/c28-21(17-8-9-20-23-16-24-27(20)14-17)26-13-10-22(29,18-6-2-1-3-7-18)19(15-26)25-11-4-5-12-25;2-1-3/h1-3,6-9,14,16,19,29H,4-5,10-13,15H2;1H,(H,2,3)/t19-,22+;/m1./s1. The second-order valence-corrected chi connectivity index (χ2v) is 8.14. The summed E-state index contributed by atoms with van der Waals surface area (Å²) in [5, 5.41) is 22.8. The maximum absolute atomic E-state index is 13.2. The number of aliphatic hydroxyl groups is 1. The van der Waals surface area contributed by atoms with Crippen molar-refractivity contribution in [3.8, 4) is 0 Å². The van der Waals surface area contributed by atoms with E-state index in [-0.39, 0.29) is 18.4 Å². The number of hydrogen-bond donors (Lipinski definition) is 2. The Bertz CT molecular complexity index is 1070. The molecule has 2 fully saturated rings. The zero-order valence-electron chi connectivity index (χ0n) is 17.7. The number of likely N-dealkylation sites (tertiary alicyclic amines) is 2. The number of aromatic nitrogens is 3. The van der Waals surface area contributed by atoms with E-state index < -0.39 is 5.60 Å². The minimum atomic E-state index is -0.946. The van der Waals surface area contributed by atoms with Gasteiger partial charge in [-0.05, 0) is 50.0 Å². The lowest BCUT2D eigenvalue weighted by molar-refractivity contribution is -0.122. The number of amides is 1. The van der Waals surface area contributed by atoms with Gasteiger partial charge >= 0.3 is 0 Å². The molecule has 0 aliphatic carbocycles. The second kappa shape index (κ2) is 9.46. The third-order valence-electron chi connectivity index (χ3n) is 6.37. The van der Waals surface area contributed by atoms with Gasteiger partial charge in [0.25, 0.3) is 12.4 Å². The van der Waals surface area contributed by atoms with Crippen molar-refractivity contribution in [2.45, 2.75) is 30.9 Å². The average Bonchev–Trinajstić information content (AvgIpc) is 3.52. The normalized spacial score (nSPS) is 23.5. The van der Waals surface area contributed by atoms with Crippen LogP contribution >= 0.6 is 0 Å². The molecular formula is C23H27N5O4. The maximum atomic E-state index is 13.2. The summed E-state index contributed by atoms with van der Waals surface area (Å²) in [7, 11) is 0. The summed E-state index contributed by atoms with van der Waals surface area (Å²) >= 11 is 0. The van der Waals surface area contributed by atoms with Crippen LogP contribution in [0.5, 0.6) is 0 Å². The van der Waals surface area contributed by atoms with Crippen LogP contribution in [-0.2, 0) is 10.4 Å². The molecule has 32 heavy (non-hydrogen) atoms. The Balaban J connectivity index is 0.000000775. The van der Waals surface area contributed by atoms with Gasteiger partial charge in [0.1, 0.15) is 11.9 Å². The third-order valence-corrected chi connectivity index (χ3v) is 6.37. The quantitative estimate of drug-likeness (QED) is 0.599. The maximum Gasteiger partial charge on any atom is 0.290 e. The van der Waals surface area contributed by atoms with Crippen molar-refractivity contribution in [2.24, 2.45) is 0 Å². The highest BCUT2D eigenvalue weighted by Crippen LogP contribution is 2.37. The van der Waals surface area contributed by atoms with Crippen LogP contribution in [0.4, 0.5) is 0 Å². The van der Waals surface area contributed by atoms with Crippen LogP contribution < -0.4 is 0 Å². The molecule has 0 bridgehead atoms. The number of rotatable bonds is 3. The number of hydrogen-bond acceptors (Lipinski definition) is 6. The van der Waals surface area contributed by atoms with Gasteiger partial charge in [-0.3, -0.25) is 14.5 Å². The molecule has 0 spiro atoms. The fraction of sp³-hybridized carbons (Fsp3) is 0.391. The zero-order chi connectivity index (χ0) is 22.6. The van der Waals surface area contributed by atoms with Crippen LogP contribution in [-0.4, -0.2) is 79.2 Å². The molecule has 2 aromatic heterocycles. The summed E-state index contributed by atoms with van der Waals surface area (Å²) in [5.74, 6) is -0.0262. The highest BCUT2D eigenvalue weighted by atomic mass is 16.3. The van der Waals surface area contributed by atoms with E-state index in [0.717, 1.165) is 31.5 Å². The molecule has 2 aliphatic rings. The molecule has 0 unspecified atom stereocenters. The van der Waals surface area contributed by atoms with Gasteiger partial charge in [0, 0.05) is 19.3 Å². The first kappa shape index (κ1) is 21.9. The van der Waals surface area contributed by atoms with Gasteiger partial charge in [-0.1, -0.05) is 30.3 Å². The summed E-state index contributed by atoms with van der Waals surface area (Å²) in [4.78, 5) is 30.0. The van der Waals surface area contributed by atoms with E-state index in [1.54, 1.807) is 16.8 Å². The molecule has 2 saturated heterocycles. The van der Waals surface area contributed by atoms with Crippen LogP contribution in [0.3, 0.4) is 0 Å². The Morgan fingerprint density at radius 1 is 1.09 bits per heavy atom. The molecule has 2 aliphatic heterocycles. The summed E-state index contributed by atoms with van der Waals surface area (Å²) in [5.41, 5.74) is 1.30. The van der Waals surface area contributed by atoms with Crippen LogP contribution in [0.15, 0.2) is 55.0 Å². The van der Waals surface area contributed by atoms with Crippen molar-refractivity contribution in [2.75, 3.05) is 26.2 Å². The van der Waals surface area contributed by atoms with Crippen LogP contribution in [0.25, 0.3) is 5.65 Å². The molecule has 1 aromatic carbocycles. The highest BCUT2D eigenvalue weighted by molar-refractivity contribution is 5.94. The average molecular weight is 438 g/mol. The topological polar surface area (TPSA) is 111 Å².